The van der Waals surface area contributed by atoms with Crippen molar-refractivity contribution < 1.29 is 9.59 Å². The lowest BCUT2D eigenvalue weighted by Gasteiger charge is -2.16. The van der Waals surface area contributed by atoms with Crippen LogP contribution >= 0.6 is 0 Å². The monoisotopic (exact) mass is 454 g/mol. The van der Waals surface area contributed by atoms with Gasteiger partial charge in [-0.2, -0.15) is 0 Å². The van der Waals surface area contributed by atoms with Crippen molar-refractivity contribution in [3.63, 3.8) is 0 Å². The number of para-hydroxylation sites is 2. The molecular formula is C27H26N4O3. The van der Waals surface area contributed by atoms with Crippen molar-refractivity contribution in [2.45, 2.75) is 34.2 Å². The maximum absolute atomic E-state index is 13.6. The number of nitrogens with zero attached hydrogens (tertiary/aromatic N) is 2. The van der Waals surface area contributed by atoms with Gasteiger partial charge in [0.25, 0.3) is 5.56 Å². The van der Waals surface area contributed by atoms with Crippen molar-refractivity contribution in [1.29, 1.82) is 0 Å². The number of anilines is 2. The van der Waals surface area contributed by atoms with E-state index in [2.05, 4.69) is 15.6 Å². The minimum atomic E-state index is -0.410. The summed E-state index contributed by atoms with van der Waals surface area (Å²) in [6, 6.07) is 18.3. The first-order valence-electron chi connectivity index (χ1n) is 11.0. The van der Waals surface area contributed by atoms with E-state index >= 15 is 0 Å². The lowest BCUT2D eigenvalue weighted by Crippen LogP contribution is -2.30. The van der Waals surface area contributed by atoms with Crippen molar-refractivity contribution >= 4 is 34.2 Å². The Kier molecular flexibility index (Phi) is 6.27. The van der Waals surface area contributed by atoms with Gasteiger partial charge in [-0.1, -0.05) is 35.9 Å². The van der Waals surface area contributed by atoms with E-state index in [4.69, 9.17) is 0 Å². The van der Waals surface area contributed by atoms with E-state index < -0.39 is 5.56 Å². The Balaban J connectivity index is 1.83. The number of hydrogen-bond donors (Lipinski definition) is 2. The summed E-state index contributed by atoms with van der Waals surface area (Å²) in [7, 11) is 0. The summed E-state index contributed by atoms with van der Waals surface area (Å²) in [5, 5.41) is 5.69. The van der Waals surface area contributed by atoms with Gasteiger partial charge in [0.1, 0.15) is 12.2 Å². The third-order valence-electron chi connectivity index (χ3n) is 5.77. The molecule has 0 saturated heterocycles. The molecule has 0 aliphatic rings. The molecule has 0 radical (unpaired) electrons. The van der Waals surface area contributed by atoms with Gasteiger partial charge in [0.2, 0.25) is 11.8 Å². The lowest BCUT2D eigenvalue weighted by atomic mass is 10.1. The molecule has 0 saturated carbocycles. The zero-order valence-electron chi connectivity index (χ0n) is 19.6. The normalized spacial score (nSPS) is 10.8. The zero-order valence-corrected chi connectivity index (χ0v) is 19.6. The second kappa shape index (κ2) is 9.31. The summed E-state index contributed by atoms with van der Waals surface area (Å²) >= 11 is 0. The second-order valence-electron chi connectivity index (χ2n) is 8.37. The molecule has 0 aliphatic heterocycles. The summed E-state index contributed by atoms with van der Waals surface area (Å²) in [6.07, 6.45) is 0. The maximum Gasteiger partial charge on any atom is 0.278 e. The molecule has 1 heterocycles. The highest BCUT2D eigenvalue weighted by atomic mass is 16.2. The molecule has 2 amide bonds. The molecule has 0 unspecified atom stereocenters. The van der Waals surface area contributed by atoms with Gasteiger partial charge in [0.05, 0.1) is 16.7 Å². The summed E-state index contributed by atoms with van der Waals surface area (Å²) in [5.41, 5.74) is 5.56. The van der Waals surface area contributed by atoms with E-state index in [0.717, 1.165) is 16.7 Å². The molecule has 0 bridgehead atoms. The number of hydrogen-bond acceptors (Lipinski definition) is 4. The molecule has 0 atom stereocenters. The number of benzene rings is 3. The molecule has 2 N–H and O–H groups in total. The number of aromatic nitrogens is 2. The van der Waals surface area contributed by atoms with Crippen LogP contribution < -0.4 is 16.2 Å². The molecule has 0 spiro atoms. The van der Waals surface area contributed by atoms with Gasteiger partial charge < -0.3 is 10.6 Å². The number of carbonyl (C=O) groups is 2. The average molecular weight is 455 g/mol. The van der Waals surface area contributed by atoms with E-state index in [1.807, 2.05) is 57.2 Å². The largest absolute Gasteiger partial charge is 0.326 e. The highest BCUT2D eigenvalue weighted by Gasteiger charge is 2.18. The van der Waals surface area contributed by atoms with Crippen molar-refractivity contribution in [2.75, 3.05) is 10.6 Å². The Morgan fingerprint density at radius 2 is 1.68 bits per heavy atom. The first-order valence-corrected chi connectivity index (χ1v) is 11.0. The summed E-state index contributed by atoms with van der Waals surface area (Å²) in [4.78, 5) is 43.0. The molecule has 4 rings (SSSR count). The van der Waals surface area contributed by atoms with Gasteiger partial charge >= 0.3 is 0 Å². The third-order valence-corrected chi connectivity index (χ3v) is 5.77. The van der Waals surface area contributed by atoms with E-state index in [1.165, 1.54) is 11.5 Å². The van der Waals surface area contributed by atoms with Gasteiger partial charge in [-0.05, 0) is 62.2 Å². The molecule has 4 aromatic rings. The predicted octanol–water partition coefficient (Wildman–Crippen LogP) is 4.59. The van der Waals surface area contributed by atoms with Crippen LogP contribution in [0.5, 0.6) is 0 Å². The Morgan fingerprint density at radius 1 is 0.912 bits per heavy atom. The van der Waals surface area contributed by atoms with Crippen LogP contribution in [0, 0.1) is 20.8 Å². The van der Waals surface area contributed by atoms with E-state index in [-0.39, 0.29) is 24.1 Å². The average Bonchev–Trinajstić information content (AvgIpc) is 2.79. The van der Waals surface area contributed by atoms with Gasteiger partial charge in [0.15, 0.2) is 0 Å². The first kappa shape index (κ1) is 22.9. The van der Waals surface area contributed by atoms with Crippen LogP contribution in [0.15, 0.2) is 65.5 Å². The fourth-order valence-corrected chi connectivity index (χ4v) is 3.90. The number of aryl methyl sites for hydroxylation is 2. The molecule has 7 nitrogen and oxygen atoms in total. The van der Waals surface area contributed by atoms with Crippen LogP contribution in [0.1, 0.15) is 23.6 Å². The predicted molar refractivity (Wildman–Crippen MR) is 135 cm³/mol. The molecule has 1 aromatic heterocycles. The van der Waals surface area contributed by atoms with Crippen LogP contribution in [0.3, 0.4) is 0 Å². The van der Waals surface area contributed by atoms with Crippen LogP contribution in [0.4, 0.5) is 11.4 Å². The second-order valence-corrected chi connectivity index (χ2v) is 8.37. The topological polar surface area (TPSA) is 93.1 Å². The fraction of sp³-hybridized carbons (Fsp3) is 0.185. The van der Waals surface area contributed by atoms with Crippen molar-refractivity contribution in [3.8, 4) is 11.3 Å². The molecule has 7 heteroatoms. The number of rotatable bonds is 5. The first-order chi connectivity index (χ1) is 16.2. The maximum atomic E-state index is 13.6. The van der Waals surface area contributed by atoms with Crippen molar-refractivity contribution in [3.05, 3.63) is 87.7 Å². The summed E-state index contributed by atoms with van der Waals surface area (Å²) in [5.74, 6) is -0.566. The highest BCUT2D eigenvalue weighted by molar-refractivity contribution is 5.95. The SMILES string of the molecule is CC(=O)Nc1ccc(C)cc1-c1nc2ccccc2n(CC(=O)Nc2cccc(C)c2C)c1=O. The number of carbonyl (C=O) groups excluding carboxylic acids is 2. The van der Waals surface area contributed by atoms with E-state index in [1.54, 1.807) is 24.3 Å². The highest BCUT2D eigenvalue weighted by Crippen LogP contribution is 2.27. The smallest absolute Gasteiger partial charge is 0.278 e. The quantitative estimate of drug-likeness (QED) is 0.461. The lowest BCUT2D eigenvalue weighted by molar-refractivity contribution is -0.117. The van der Waals surface area contributed by atoms with Gasteiger partial charge in [0, 0.05) is 18.2 Å². The molecule has 0 aliphatic carbocycles. The van der Waals surface area contributed by atoms with Crippen LogP contribution in [-0.2, 0) is 16.1 Å². The third kappa shape index (κ3) is 4.59. The van der Waals surface area contributed by atoms with Gasteiger partial charge in [-0.15, -0.1) is 0 Å². The zero-order chi connectivity index (χ0) is 24.4. The summed E-state index contributed by atoms with van der Waals surface area (Å²) in [6.45, 7) is 7.06. The minimum Gasteiger partial charge on any atom is -0.326 e. The number of amides is 2. The minimum absolute atomic E-state index is 0.172. The van der Waals surface area contributed by atoms with Gasteiger partial charge in [-0.25, -0.2) is 4.98 Å². The van der Waals surface area contributed by atoms with E-state index in [0.29, 0.717) is 28.0 Å². The van der Waals surface area contributed by atoms with Crippen LogP contribution in [0.25, 0.3) is 22.3 Å². The standard InChI is InChI=1S/C27H26N4O3/c1-16-12-13-22(28-19(4)32)20(14-16)26-27(34)31(24-11-6-5-9-23(24)30-26)15-25(33)29-21-10-7-8-17(2)18(21)3/h5-14H,15H2,1-4H3,(H,28,32)(H,29,33). The Bertz CT molecular complexity index is 1490. The molecule has 3 aromatic carbocycles. The van der Waals surface area contributed by atoms with Gasteiger partial charge in [-0.3, -0.25) is 19.0 Å². The Labute approximate surface area is 197 Å². The number of nitrogens with one attached hydrogen (secondary N) is 2. The van der Waals surface area contributed by atoms with E-state index in [9.17, 15) is 14.4 Å². The molecule has 172 valence electrons. The molecular weight excluding hydrogens is 428 g/mol. The molecule has 34 heavy (non-hydrogen) atoms. The van der Waals surface area contributed by atoms with Crippen molar-refractivity contribution in [2.24, 2.45) is 0 Å². The summed E-state index contributed by atoms with van der Waals surface area (Å²) < 4.78 is 1.43. The number of fused-ring (bicyclic) bond motifs is 1. The Morgan fingerprint density at radius 3 is 2.44 bits per heavy atom. The van der Waals surface area contributed by atoms with Crippen LogP contribution in [0.2, 0.25) is 0 Å². The molecule has 0 fully saturated rings. The van der Waals surface area contributed by atoms with Crippen molar-refractivity contribution in [1.82, 2.24) is 9.55 Å². The van der Waals surface area contributed by atoms with Crippen LogP contribution in [-0.4, -0.2) is 21.4 Å². The Hall–Kier alpha value is -4.26. The fourth-order valence-electron chi connectivity index (χ4n) is 3.90.